The van der Waals surface area contributed by atoms with Crippen molar-refractivity contribution in [3.05, 3.63) is 53.3 Å². The van der Waals surface area contributed by atoms with E-state index in [-0.39, 0.29) is 17.9 Å². The summed E-state index contributed by atoms with van der Waals surface area (Å²) in [6.45, 7) is 4.62. The van der Waals surface area contributed by atoms with E-state index >= 15 is 0 Å². The molecular formula is C19H20ClN3O2. The number of amides is 2. The quantitative estimate of drug-likeness (QED) is 0.914. The van der Waals surface area contributed by atoms with Gasteiger partial charge in [-0.05, 0) is 44.0 Å². The van der Waals surface area contributed by atoms with Gasteiger partial charge in [-0.15, -0.1) is 0 Å². The summed E-state index contributed by atoms with van der Waals surface area (Å²) in [5, 5.41) is 3.48. The standard InChI is InChI=1S/C19H20ClN3O2/c1-12(2)23-8-7-17(19(23)25)22-18(24)15-9-14(10-21-11-15)13-3-5-16(20)6-4-13/h3-6,9-12,17H,7-8H2,1-2H3,(H,22,24). The van der Waals surface area contributed by atoms with Gasteiger partial charge in [0.15, 0.2) is 0 Å². The van der Waals surface area contributed by atoms with Crippen LogP contribution in [0, 0.1) is 0 Å². The van der Waals surface area contributed by atoms with Crippen LogP contribution in [-0.4, -0.2) is 40.3 Å². The van der Waals surface area contributed by atoms with Crippen LogP contribution in [0.3, 0.4) is 0 Å². The van der Waals surface area contributed by atoms with E-state index in [1.807, 2.05) is 26.0 Å². The number of hydrogen-bond acceptors (Lipinski definition) is 3. The highest BCUT2D eigenvalue weighted by Crippen LogP contribution is 2.22. The van der Waals surface area contributed by atoms with Gasteiger partial charge in [0.1, 0.15) is 6.04 Å². The summed E-state index contributed by atoms with van der Waals surface area (Å²) >= 11 is 5.91. The summed E-state index contributed by atoms with van der Waals surface area (Å²) < 4.78 is 0. The summed E-state index contributed by atoms with van der Waals surface area (Å²) in [4.78, 5) is 30.8. The molecule has 1 unspecified atom stereocenters. The molecule has 5 nitrogen and oxygen atoms in total. The monoisotopic (exact) mass is 357 g/mol. The predicted octanol–water partition coefficient (Wildman–Crippen LogP) is 3.14. The lowest BCUT2D eigenvalue weighted by atomic mass is 10.1. The molecule has 0 aliphatic carbocycles. The second kappa shape index (κ2) is 7.23. The minimum atomic E-state index is -0.464. The molecule has 0 radical (unpaired) electrons. The second-order valence-electron chi connectivity index (χ2n) is 6.41. The largest absolute Gasteiger partial charge is 0.340 e. The van der Waals surface area contributed by atoms with E-state index in [0.717, 1.165) is 11.1 Å². The van der Waals surface area contributed by atoms with Crippen molar-refractivity contribution in [3.8, 4) is 11.1 Å². The molecule has 2 heterocycles. The fourth-order valence-corrected chi connectivity index (χ4v) is 3.08. The number of nitrogens with one attached hydrogen (secondary N) is 1. The Labute approximate surface area is 152 Å². The lowest BCUT2D eigenvalue weighted by Crippen LogP contribution is -2.43. The third-order valence-corrected chi connectivity index (χ3v) is 4.60. The van der Waals surface area contributed by atoms with Crippen LogP contribution in [0.15, 0.2) is 42.7 Å². The molecule has 6 heteroatoms. The number of rotatable bonds is 4. The normalized spacial score (nSPS) is 17.2. The Hall–Kier alpha value is -2.40. The first-order valence-electron chi connectivity index (χ1n) is 8.28. The number of likely N-dealkylation sites (tertiary alicyclic amines) is 1. The maximum atomic E-state index is 12.5. The van der Waals surface area contributed by atoms with E-state index in [0.29, 0.717) is 23.6 Å². The number of carbonyl (C=O) groups excluding carboxylic acids is 2. The number of pyridine rings is 1. The Morgan fingerprint density at radius 2 is 1.96 bits per heavy atom. The van der Waals surface area contributed by atoms with Gasteiger partial charge in [0.25, 0.3) is 5.91 Å². The van der Waals surface area contributed by atoms with Crippen LogP contribution in [0.25, 0.3) is 11.1 Å². The lowest BCUT2D eigenvalue weighted by Gasteiger charge is -2.21. The molecular weight excluding hydrogens is 338 g/mol. The van der Waals surface area contributed by atoms with Gasteiger partial charge >= 0.3 is 0 Å². The molecule has 1 fully saturated rings. The summed E-state index contributed by atoms with van der Waals surface area (Å²) in [5.41, 5.74) is 2.18. The third-order valence-electron chi connectivity index (χ3n) is 4.35. The molecule has 1 N–H and O–H groups in total. The highest BCUT2D eigenvalue weighted by atomic mass is 35.5. The van der Waals surface area contributed by atoms with Gasteiger partial charge < -0.3 is 10.2 Å². The van der Waals surface area contributed by atoms with Crippen LogP contribution in [0.1, 0.15) is 30.6 Å². The molecule has 130 valence electrons. The van der Waals surface area contributed by atoms with E-state index in [9.17, 15) is 9.59 Å². The fourth-order valence-electron chi connectivity index (χ4n) is 2.95. The number of carbonyl (C=O) groups is 2. The summed E-state index contributed by atoms with van der Waals surface area (Å²) in [6.07, 6.45) is 3.84. The van der Waals surface area contributed by atoms with Gasteiger partial charge in [0, 0.05) is 35.6 Å². The van der Waals surface area contributed by atoms with Crippen molar-refractivity contribution in [2.45, 2.75) is 32.4 Å². The number of nitrogens with zero attached hydrogens (tertiary/aromatic N) is 2. The highest BCUT2D eigenvalue weighted by molar-refractivity contribution is 6.30. The number of hydrogen-bond donors (Lipinski definition) is 1. The van der Waals surface area contributed by atoms with Crippen LogP contribution in [-0.2, 0) is 4.79 Å². The average Bonchev–Trinajstić information content (AvgIpc) is 2.96. The zero-order chi connectivity index (χ0) is 18.0. The molecule has 0 spiro atoms. The number of benzene rings is 1. The Morgan fingerprint density at radius 3 is 2.60 bits per heavy atom. The summed E-state index contributed by atoms with van der Waals surface area (Å²) in [5.74, 6) is -0.308. The highest BCUT2D eigenvalue weighted by Gasteiger charge is 2.34. The van der Waals surface area contributed by atoms with Gasteiger partial charge in [-0.2, -0.15) is 0 Å². The topological polar surface area (TPSA) is 62.3 Å². The van der Waals surface area contributed by atoms with Crippen molar-refractivity contribution < 1.29 is 9.59 Å². The van der Waals surface area contributed by atoms with E-state index in [4.69, 9.17) is 11.6 Å². The predicted molar refractivity (Wildman–Crippen MR) is 97.4 cm³/mol. The van der Waals surface area contributed by atoms with Crippen molar-refractivity contribution in [2.75, 3.05) is 6.54 Å². The minimum Gasteiger partial charge on any atom is -0.340 e. The minimum absolute atomic E-state index is 0.0230. The molecule has 25 heavy (non-hydrogen) atoms. The second-order valence-corrected chi connectivity index (χ2v) is 6.85. The Kier molecular flexibility index (Phi) is 5.04. The first-order valence-corrected chi connectivity index (χ1v) is 8.66. The van der Waals surface area contributed by atoms with Crippen molar-refractivity contribution in [3.63, 3.8) is 0 Å². The molecule has 1 aliphatic rings. The van der Waals surface area contributed by atoms with Crippen LogP contribution >= 0.6 is 11.6 Å². The molecule has 3 rings (SSSR count). The Balaban J connectivity index is 1.74. The maximum Gasteiger partial charge on any atom is 0.253 e. The smallest absolute Gasteiger partial charge is 0.253 e. The van der Waals surface area contributed by atoms with Crippen molar-refractivity contribution in [2.24, 2.45) is 0 Å². The van der Waals surface area contributed by atoms with Crippen LogP contribution in [0.2, 0.25) is 5.02 Å². The Bertz CT molecular complexity index is 790. The molecule has 2 amide bonds. The first kappa shape index (κ1) is 17.4. The van der Waals surface area contributed by atoms with Gasteiger partial charge in [0.05, 0.1) is 5.56 Å². The van der Waals surface area contributed by atoms with Gasteiger partial charge in [-0.1, -0.05) is 23.7 Å². The van der Waals surface area contributed by atoms with Gasteiger partial charge in [-0.25, -0.2) is 0 Å². The molecule has 1 saturated heterocycles. The summed E-state index contributed by atoms with van der Waals surface area (Å²) in [7, 11) is 0. The Morgan fingerprint density at radius 1 is 1.24 bits per heavy atom. The van der Waals surface area contributed by atoms with Gasteiger partial charge in [0.2, 0.25) is 5.91 Å². The molecule has 2 aromatic rings. The fraction of sp³-hybridized carbons (Fsp3) is 0.316. The molecule has 1 aromatic heterocycles. The van der Waals surface area contributed by atoms with E-state index in [1.165, 1.54) is 6.20 Å². The van der Waals surface area contributed by atoms with Crippen LogP contribution < -0.4 is 5.32 Å². The van der Waals surface area contributed by atoms with Crippen molar-refractivity contribution in [1.29, 1.82) is 0 Å². The maximum absolute atomic E-state index is 12.5. The zero-order valence-corrected chi connectivity index (χ0v) is 15.0. The van der Waals surface area contributed by atoms with E-state index in [1.54, 1.807) is 29.3 Å². The zero-order valence-electron chi connectivity index (χ0n) is 14.2. The van der Waals surface area contributed by atoms with Crippen molar-refractivity contribution in [1.82, 2.24) is 15.2 Å². The number of halogens is 1. The van der Waals surface area contributed by atoms with E-state index in [2.05, 4.69) is 10.3 Å². The first-order chi connectivity index (χ1) is 12.0. The molecule has 1 aliphatic heterocycles. The van der Waals surface area contributed by atoms with E-state index < -0.39 is 6.04 Å². The average molecular weight is 358 g/mol. The SMILES string of the molecule is CC(C)N1CCC(NC(=O)c2cncc(-c3ccc(Cl)cc3)c2)C1=O. The summed E-state index contributed by atoms with van der Waals surface area (Å²) in [6, 6.07) is 8.79. The molecule has 1 aromatic carbocycles. The third kappa shape index (κ3) is 3.82. The van der Waals surface area contributed by atoms with Crippen LogP contribution in [0.4, 0.5) is 0 Å². The number of aromatic nitrogens is 1. The van der Waals surface area contributed by atoms with Gasteiger partial charge in [-0.3, -0.25) is 14.6 Å². The van der Waals surface area contributed by atoms with Crippen molar-refractivity contribution >= 4 is 23.4 Å². The molecule has 0 bridgehead atoms. The van der Waals surface area contributed by atoms with Crippen LogP contribution in [0.5, 0.6) is 0 Å². The molecule has 0 saturated carbocycles. The lowest BCUT2D eigenvalue weighted by molar-refractivity contribution is -0.130. The molecule has 1 atom stereocenters.